The number of ether oxygens (including phenoxy) is 2. The maximum Gasteiger partial charge on any atom is 0.340 e. The van der Waals surface area contributed by atoms with E-state index in [1.807, 2.05) is 17.0 Å². The van der Waals surface area contributed by atoms with Crippen molar-refractivity contribution < 1.29 is 14.3 Å². The van der Waals surface area contributed by atoms with Gasteiger partial charge in [-0.25, -0.2) is 9.78 Å². The van der Waals surface area contributed by atoms with E-state index in [2.05, 4.69) is 18.1 Å². The number of nitrogen functional groups attached to an aromatic ring is 1. The second-order valence-electron chi connectivity index (χ2n) is 6.62. The van der Waals surface area contributed by atoms with Gasteiger partial charge in [-0.05, 0) is 30.4 Å². The van der Waals surface area contributed by atoms with Crippen molar-refractivity contribution in [2.75, 3.05) is 30.9 Å². The number of nitrogens with two attached hydrogens (primary N) is 1. The molecular weight excluding hydrogens is 416 g/mol. The van der Waals surface area contributed by atoms with E-state index in [1.165, 1.54) is 23.0 Å². The van der Waals surface area contributed by atoms with Crippen molar-refractivity contribution in [1.82, 2.24) is 9.55 Å². The minimum atomic E-state index is -0.559. The smallest absolute Gasteiger partial charge is 0.340 e. The van der Waals surface area contributed by atoms with Crippen LogP contribution < -0.4 is 20.9 Å². The summed E-state index contributed by atoms with van der Waals surface area (Å²) in [5.74, 6) is -0.0525. The fourth-order valence-electron chi connectivity index (χ4n) is 3.51. The summed E-state index contributed by atoms with van der Waals surface area (Å²) < 4.78 is 12.1. The SMILES string of the molecule is C=C/C=C(\C=C)N1CCOc2ccc(-n3c(=O)c(N)nc4scc(C(=O)OC)c43)cc21. The van der Waals surface area contributed by atoms with Crippen molar-refractivity contribution >= 4 is 39.2 Å². The Balaban J connectivity index is 1.99. The summed E-state index contributed by atoms with van der Waals surface area (Å²) in [5, 5.41) is 1.61. The predicted octanol–water partition coefficient (Wildman–Crippen LogP) is 3.27. The molecule has 0 radical (unpaired) electrons. The highest BCUT2D eigenvalue weighted by Crippen LogP contribution is 2.37. The molecule has 4 rings (SSSR count). The third-order valence-corrected chi connectivity index (χ3v) is 5.75. The van der Waals surface area contributed by atoms with E-state index in [-0.39, 0.29) is 11.4 Å². The van der Waals surface area contributed by atoms with E-state index in [1.54, 1.807) is 29.7 Å². The average molecular weight is 436 g/mol. The Morgan fingerprint density at radius 2 is 2.19 bits per heavy atom. The van der Waals surface area contributed by atoms with Crippen LogP contribution in [0.3, 0.4) is 0 Å². The minimum Gasteiger partial charge on any atom is -0.490 e. The van der Waals surface area contributed by atoms with E-state index in [4.69, 9.17) is 15.2 Å². The molecule has 3 aromatic rings. The standard InChI is InChI=1S/C22H20N4O4S/c1-4-6-13(5-2)25-9-10-30-17-8-7-14(11-16(17)25)26-18-15(22(28)29-3)12-31-20(18)24-19(23)21(26)27/h4-8,11-12H,1-2,9-10H2,3H3,(H2,23,24)/b13-6+. The molecule has 2 N–H and O–H groups in total. The van der Waals surface area contributed by atoms with Crippen LogP contribution in [-0.4, -0.2) is 35.8 Å². The molecule has 31 heavy (non-hydrogen) atoms. The zero-order chi connectivity index (χ0) is 22.1. The Kier molecular flexibility index (Phi) is 5.35. The Morgan fingerprint density at radius 1 is 1.39 bits per heavy atom. The van der Waals surface area contributed by atoms with Crippen molar-refractivity contribution in [2.45, 2.75) is 0 Å². The molecule has 0 saturated heterocycles. The first-order valence-corrected chi connectivity index (χ1v) is 10.3. The first-order valence-electron chi connectivity index (χ1n) is 9.38. The van der Waals surface area contributed by atoms with Gasteiger partial charge in [0.1, 0.15) is 22.7 Å². The highest BCUT2D eigenvalue weighted by atomic mass is 32.1. The van der Waals surface area contributed by atoms with Crippen molar-refractivity contribution in [3.05, 3.63) is 76.6 Å². The third-order valence-electron chi connectivity index (χ3n) is 4.89. The number of aromatic nitrogens is 2. The van der Waals surface area contributed by atoms with Crippen molar-refractivity contribution in [1.29, 1.82) is 0 Å². The number of fused-ring (bicyclic) bond motifs is 2. The van der Waals surface area contributed by atoms with Crippen molar-refractivity contribution in [3.63, 3.8) is 0 Å². The van der Waals surface area contributed by atoms with Crippen LogP contribution in [0.15, 0.2) is 65.5 Å². The molecule has 2 aromatic heterocycles. The van der Waals surface area contributed by atoms with E-state index >= 15 is 0 Å². The number of hydrogen-bond acceptors (Lipinski definition) is 8. The average Bonchev–Trinajstić information content (AvgIpc) is 3.20. The fraction of sp³-hybridized carbons (Fsp3) is 0.136. The number of allylic oxidation sites excluding steroid dienone is 3. The lowest BCUT2D eigenvalue weighted by Gasteiger charge is -2.32. The topological polar surface area (TPSA) is 99.7 Å². The molecule has 1 aliphatic rings. The second-order valence-corrected chi connectivity index (χ2v) is 7.47. The predicted molar refractivity (Wildman–Crippen MR) is 122 cm³/mol. The number of esters is 1. The molecule has 0 amide bonds. The van der Waals surface area contributed by atoms with Crippen LogP contribution in [0, 0.1) is 0 Å². The Hall–Kier alpha value is -3.85. The number of carbonyl (C=O) groups excluding carboxylic acids is 1. The molecule has 0 atom stereocenters. The van der Waals surface area contributed by atoms with Crippen LogP contribution in [0.5, 0.6) is 5.75 Å². The van der Waals surface area contributed by atoms with E-state index < -0.39 is 11.5 Å². The lowest BCUT2D eigenvalue weighted by Crippen LogP contribution is -2.32. The van der Waals surface area contributed by atoms with Gasteiger partial charge in [0.15, 0.2) is 5.82 Å². The van der Waals surface area contributed by atoms with Crippen LogP contribution in [-0.2, 0) is 4.74 Å². The van der Waals surface area contributed by atoms with E-state index in [9.17, 15) is 9.59 Å². The van der Waals surface area contributed by atoms with Gasteiger partial charge in [0.2, 0.25) is 0 Å². The molecule has 0 unspecified atom stereocenters. The van der Waals surface area contributed by atoms with Gasteiger partial charge in [0.25, 0.3) is 5.56 Å². The third kappa shape index (κ3) is 3.38. The van der Waals surface area contributed by atoms with Gasteiger partial charge in [0, 0.05) is 11.1 Å². The zero-order valence-corrected chi connectivity index (χ0v) is 17.6. The summed E-state index contributed by atoms with van der Waals surface area (Å²) >= 11 is 1.21. The molecule has 0 saturated carbocycles. The van der Waals surface area contributed by atoms with Gasteiger partial charge in [0.05, 0.1) is 30.6 Å². The number of rotatable bonds is 5. The van der Waals surface area contributed by atoms with Crippen LogP contribution in [0.1, 0.15) is 10.4 Å². The number of carbonyl (C=O) groups is 1. The minimum absolute atomic E-state index is 0.157. The molecular formula is C22H20N4O4S. The lowest BCUT2D eigenvalue weighted by atomic mass is 10.1. The maximum atomic E-state index is 13.0. The van der Waals surface area contributed by atoms with Gasteiger partial charge < -0.3 is 20.1 Å². The largest absolute Gasteiger partial charge is 0.490 e. The normalized spacial score (nSPS) is 13.5. The summed E-state index contributed by atoms with van der Waals surface area (Å²) in [6, 6.07) is 5.34. The van der Waals surface area contributed by atoms with Crippen LogP contribution in [0.25, 0.3) is 16.0 Å². The summed E-state index contributed by atoms with van der Waals surface area (Å²) in [6.45, 7) is 8.73. The number of methoxy groups -OCH3 is 1. The summed E-state index contributed by atoms with van der Waals surface area (Å²) in [6.07, 6.45) is 5.26. The summed E-state index contributed by atoms with van der Waals surface area (Å²) in [5.41, 5.74) is 8.08. The van der Waals surface area contributed by atoms with Gasteiger partial charge in [-0.1, -0.05) is 19.2 Å². The van der Waals surface area contributed by atoms with Crippen molar-refractivity contribution in [2.24, 2.45) is 0 Å². The van der Waals surface area contributed by atoms with Crippen molar-refractivity contribution in [3.8, 4) is 11.4 Å². The number of hydrogen-bond donors (Lipinski definition) is 1. The Labute approximate surface area is 182 Å². The van der Waals surface area contributed by atoms with E-state index in [0.717, 1.165) is 11.4 Å². The first kappa shape index (κ1) is 20.4. The maximum absolute atomic E-state index is 13.0. The number of thiophene rings is 1. The molecule has 1 aliphatic heterocycles. The highest BCUT2D eigenvalue weighted by molar-refractivity contribution is 7.17. The molecule has 0 bridgehead atoms. The highest BCUT2D eigenvalue weighted by Gasteiger charge is 2.24. The fourth-order valence-corrected chi connectivity index (χ4v) is 4.41. The Bertz CT molecular complexity index is 1300. The van der Waals surface area contributed by atoms with Crippen LogP contribution in [0.2, 0.25) is 0 Å². The molecule has 9 heteroatoms. The van der Waals surface area contributed by atoms with Gasteiger partial charge >= 0.3 is 5.97 Å². The lowest BCUT2D eigenvalue weighted by molar-refractivity contribution is 0.0603. The summed E-state index contributed by atoms with van der Waals surface area (Å²) in [4.78, 5) is 32.0. The number of benzene rings is 1. The van der Waals surface area contributed by atoms with Crippen LogP contribution in [0.4, 0.5) is 11.5 Å². The molecule has 0 fully saturated rings. The molecule has 1 aromatic carbocycles. The van der Waals surface area contributed by atoms with E-state index in [0.29, 0.717) is 34.9 Å². The molecule has 3 heterocycles. The molecule has 0 spiro atoms. The second kappa shape index (κ2) is 8.11. The molecule has 8 nitrogen and oxygen atoms in total. The van der Waals surface area contributed by atoms with Gasteiger partial charge in [-0.15, -0.1) is 11.3 Å². The monoisotopic (exact) mass is 436 g/mol. The quantitative estimate of drug-likeness (QED) is 0.484. The summed E-state index contributed by atoms with van der Waals surface area (Å²) in [7, 11) is 1.29. The number of nitrogens with zero attached hydrogens (tertiary/aromatic N) is 3. The van der Waals surface area contributed by atoms with Gasteiger partial charge in [-0.3, -0.25) is 9.36 Å². The molecule has 0 aliphatic carbocycles. The zero-order valence-electron chi connectivity index (χ0n) is 16.8. The Morgan fingerprint density at radius 3 is 2.90 bits per heavy atom. The number of anilines is 2. The molecule has 158 valence electrons. The first-order chi connectivity index (χ1) is 15.0. The van der Waals surface area contributed by atoms with Crippen LogP contribution >= 0.6 is 11.3 Å². The van der Waals surface area contributed by atoms with Gasteiger partial charge in [-0.2, -0.15) is 0 Å².